The summed E-state index contributed by atoms with van der Waals surface area (Å²) in [6.07, 6.45) is 0.834. The number of carbonyl (C=O) groups is 1. The summed E-state index contributed by atoms with van der Waals surface area (Å²) in [7, 11) is 0. The van der Waals surface area contributed by atoms with Gasteiger partial charge in [0.15, 0.2) is 0 Å². The molecule has 0 atom stereocenters. The highest BCUT2D eigenvalue weighted by molar-refractivity contribution is 5.81. The predicted molar refractivity (Wildman–Crippen MR) is 91.8 cm³/mol. The first-order valence-corrected chi connectivity index (χ1v) is 7.93. The molecule has 1 amide bonds. The minimum atomic E-state index is -0.322. The number of amides is 1. The minimum Gasteiger partial charge on any atom is -0.355 e. The van der Waals surface area contributed by atoms with E-state index in [4.69, 9.17) is 0 Å². The zero-order valence-corrected chi connectivity index (χ0v) is 13.7. The molecule has 1 N–H and O–H groups in total. The van der Waals surface area contributed by atoms with Crippen molar-refractivity contribution in [3.05, 3.63) is 71.8 Å². The fraction of sp³-hybridized carbons (Fsp3) is 0.350. The molecule has 116 valence electrons. The Hall–Kier alpha value is -2.09. The highest BCUT2D eigenvalue weighted by Crippen LogP contribution is 2.25. The fourth-order valence-electron chi connectivity index (χ4n) is 2.39. The first kappa shape index (κ1) is 16.3. The molecule has 0 aliphatic carbocycles. The number of rotatable bonds is 6. The molecule has 2 aromatic carbocycles. The zero-order chi connectivity index (χ0) is 16.0. The van der Waals surface area contributed by atoms with E-state index in [0.29, 0.717) is 6.54 Å². The van der Waals surface area contributed by atoms with Gasteiger partial charge in [-0.3, -0.25) is 4.79 Å². The van der Waals surface area contributed by atoms with Crippen LogP contribution in [0.15, 0.2) is 60.7 Å². The molecular formula is C20H25NO. The molecule has 0 unspecified atom stereocenters. The number of carbonyl (C=O) groups excluding carboxylic acids is 1. The van der Waals surface area contributed by atoms with Crippen LogP contribution in [-0.2, 0) is 4.79 Å². The van der Waals surface area contributed by atoms with Crippen LogP contribution in [0, 0.1) is 5.41 Å². The highest BCUT2D eigenvalue weighted by Gasteiger charge is 2.26. The molecule has 0 fully saturated rings. The summed E-state index contributed by atoms with van der Waals surface area (Å²) >= 11 is 0. The minimum absolute atomic E-state index is 0.117. The summed E-state index contributed by atoms with van der Waals surface area (Å²) in [6, 6.07) is 20.7. The maximum Gasteiger partial charge on any atom is 0.225 e. The van der Waals surface area contributed by atoms with Crippen LogP contribution in [0.1, 0.15) is 44.2 Å². The first-order chi connectivity index (χ1) is 10.5. The quantitative estimate of drug-likeness (QED) is 0.842. The molecule has 0 saturated heterocycles. The molecule has 22 heavy (non-hydrogen) atoms. The van der Waals surface area contributed by atoms with Gasteiger partial charge in [0.05, 0.1) is 0 Å². The van der Waals surface area contributed by atoms with Gasteiger partial charge >= 0.3 is 0 Å². The van der Waals surface area contributed by atoms with Crippen molar-refractivity contribution >= 4 is 5.91 Å². The van der Waals surface area contributed by atoms with Gasteiger partial charge in [-0.25, -0.2) is 0 Å². The van der Waals surface area contributed by atoms with Gasteiger partial charge < -0.3 is 5.32 Å². The zero-order valence-electron chi connectivity index (χ0n) is 13.7. The van der Waals surface area contributed by atoms with Crippen LogP contribution in [0.5, 0.6) is 0 Å². The van der Waals surface area contributed by atoms with Crippen LogP contribution >= 0.6 is 0 Å². The molecule has 0 heterocycles. The SMILES string of the molecule is CCC(C)(C)C(=O)NCC(c1ccccc1)c1ccccc1. The van der Waals surface area contributed by atoms with E-state index in [1.165, 1.54) is 11.1 Å². The third-order valence-corrected chi connectivity index (χ3v) is 4.37. The van der Waals surface area contributed by atoms with Crippen molar-refractivity contribution < 1.29 is 4.79 Å². The summed E-state index contributed by atoms with van der Waals surface area (Å²) < 4.78 is 0. The van der Waals surface area contributed by atoms with Gasteiger partial charge in [0.1, 0.15) is 0 Å². The molecule has 2 rings (SSSR count). The first-order valence-electron chi connectivity index (χ1n) is 7.93. The Balaban J connectivity index is 2.18. The highest BCUT2D eigenvalue weighted by atomic mass is 16.2. The fourth-order valence-corrected chi connectivity index (χ4v) is 2.39. The molecule has 0 aliphatic rings. The number of nitrogens with one attached hydrogen (secondary N) is 1. The van der Waals surface area contributed by atoms with Crippen LogP contribution < -0.4 is 5.32 Å². The van der Waals surface area contributed by atoms with Crippen molar-refractivity contribution in [2.45, 2.75) is 33.1 Å². The van der Waals surface area contributed by atoms with Gasteiger partial charge in [-0.1, -0.05) is 81.4 Å². The van der Waals surface area contributed by atoms with E-state index in [2.05, 4.69) is 29.6 Å². The van der Waals surface area contributed by atoms with Crippen molar-refractivity contribution in [1.82, 2.24) is 5.32 Å². The van der Waals surface area contributed by atoms with Gasteiger partial charge in [0, 0.05) is 17.9 Å². The molecule has 0 aromatic heterocycles. The second-order valence-electron chi connectivity index (χ2n) is 6.32. The summed E-state index contributed by atoms with van der Waals surface area (Å²) in [5.41, 5.74) is 2.13. The molecule has 0 radical (unpaired) electrons. The van der Waals surface area contributed by atoms with E-state index in [1.807, 2.05) is 57.2 Å². The molecule has 2 nitrogen and oxygen atoms in total. The number of hydrogen-bond donors (Lipinski definition) is 1. The lowest BCUT2D eigenvalue weighted by molar-refractivity contribution is -0.129. The van der Waals surface area contributed by atoms with Gasteiger partial charge in [-0.2, -0.15) is 0 Å². The van der Waals surface area contributed by atoms with Crippen molar-refractivity contribution in [2.24, 2.45) is 5.41 Å². The Labute approximate surface area is 133 Å². The summed E-state index contributed by atoms with van der Waals surface area (Å²) in [4.78, 5) is 12.4. The van der Waals surface area contributed by atoms with Gasteiger partial charge in [-0.05, 0) is 17.5 Å². The Morgan fingerprint density at radius 3 is 1.82 bits per heavy atom. The molecule has 2 aromatic rings. The third kappa shape index (κ3) is 3.97. The molecular weight excluding hydrogens is 270 g/mol. The average molecular weight is 295 g/mol. The maximum absolute atomic E-state index is 12.4. The summed E-state index contributed by atoms with van der Waals surface area (Å²) in [5, 5.41) is 3.13. The number of benzene rings is 2. The van der Waals surface area contributed by atoms with E-state index in [0.717, 1.165) is 6.42 Å². The standard InChI is InChI=1S/C20H25NO/c1-4-20(2,3)19(22)21-15-18(16-11-7-5-8-12-16)17-13-9-6-10-14-17/h5-14,18H,4,15H2,1-3H3,(H,21,22). The lowest BCUT2D eigenvalue weighted by atomic mass is 9.87. The average Bonchev–Trinajstić information content (AvgIpc) is 2.56. The van der Waals surface area contributed by atoms with E-state index < -0.39 is 0 Å². The third-order valence-electron chi connectivity index (χ3n) is 4.37. The van der Waals surface area contributed by atoms with Gasteiger partial charge in [0.25, 0.3) is 0 Å². The predicted octanol–water partition coefficient (Wildman–Crippen LogP) is 4.37. The van der Waals surface area contributed by atoms with Gasteiger partial charge in [-0.15, -0.1) is 0 Å². The van der Waals surface area contributed by atoms with Crippen LogP contribution in [0.3, 0.4) is 0 Å². The smallest absolute Gasteiger partial charge is 0.225 e. The molecule has 0 saturated carbocycles. The van der Waals surface area contributed by atoms with Crippen molar-refractivity contribution in [1.29, 1.82) is 0 Å². The summed E-state index contributed by atoms with van der Waals surface area (Å²) in [6.45, 7) is 6.65. The van der Waals surface area contributed by atoms with E-state index in [1.54, 1.807) is 0 Å². The Morgan fingerprint density at radius 2 is 1.41 bits per heavy atom. The Bertz CT molecular complexity index is 550. The van der Waals surface area contributed by atoms with E-state index >= 15 is 0 Å². The van der Waals surface area contributed by atoms with Crippen molar-refractivity contribution in [3.63, 3.8) is 0 Å². The maximum atomic E-state index is 12.4. The molecule has 0 bridgehead atoms. The second kappa shape index (κ2) is 7.26. The second-order valence-corrected chi connectivity index (χ2v) is 6.32. The van der Waals surface area contributed by atoms with Crippen LogP contribution in [0.2, 0.25) is 0 Å². The molecule has 0 spiro atoms. The Kier molecular flexibility index (Phi) is 5.37. The number of hydrogen-bond acceptors (Lipinski definition) is 1. The summed E-state index contributed by atoms with van der Waals surface area (Å²) in [5.74, 6) is 0.297. The monoisotopic (exact) mass is 295 g/mol. The van der Waals surface area contributed by atoms with E-state index in [-0.39, 0.29) is 17.2 Å². The van der Waals surface area contributed by atoms with Crippen molar-refractivity contribution in [3.8, 4) is 0 Å². The topological polar surface area (TPSA) is 29.1 Å². The van der Waals surface area contributed by atoms with Crippen molar-refractivity contribution in [2.75, 3.05) is 6.54 Å². The largest absolute Gasteiger partial charge is 0.355 e. The van der Waals surface area contributed by atoms with Crippen LogP contribution in [0.4, 0.5) is 0 Å². The molecule has 0 aliphatic heterocycles. The van der Waals surface area contributed by atoms with E-state index in [9.17, 15) is 4.79 Å². The molecule has 2 heteroatoms. The van der Waals surface area contributed by atoms with Gasteiger partial charge in [0.2, 0.25) is 5.91 Å². The van der Waals surface area contributed by atoms with Crippen LogP contribution in [0.25, 0.3) is 0 Å². The van der Waals surface area contributed by atoms with Crippen LogP contribution in [-0.4, -0.2) is 12.5 Å². The Morgan fingerprint density at radius 1 is 0.955 bits per heavy atom. The lowest BCUT2D eigenvalue weighted by Gasteiger charge is -2.24. The lowest BCUT2D eigenvalue weighted by Crippen LogP contribution is -2.38. The normalized spacial score (nSPS) is 11.5.